The monoisotopic (exact) mass is 182 g/mol. The first kappa shape index (κ1) is 9.47. The average molecular weight is 182 g/mol. The summed E-state index contributed by atoms with van der Waals surface area (Å²) >= 11 is 0. The van der Waals surface area contributed by atoms with Crippen molar-refractivity contribution in [3.63, 3.8) is 0 Å². The van der Waals surface area contributed by atoms with Crippen molar-refractivity contribution in [3.8, 4) is 0 Å². The summed E-state index contributed by atoms with van der Waals surface area (Å²) in [6.45, 7) is 3.52. The van der Waals surface area contributed by atoms with Crippen molar-refractivity contribution in [2.24, 2.45) is 17.1 Å². The Bertz CT molecular complexity index is 167. The van der Waals surface area contributed by atoms with Crippen molar-refractivity contribution in [1.82, 2.24) is 4.90 Å². The molecule has 2 fully saturated rings. The standard InChI is InChI=1S/C11H22N2/c1-13-6-2-10(3-7-13)8-11(9-12)4-5-11/h10H,2-9,12H2,1H3. The van der Waals surface area contributed by atoms with Crippen LogP contribution in [0, 0.1) is 11.3 Å². The molecule has 13 heavy (non-hydrogen) atoms. The molecule has 2 aliphatic rings. The van der Waals surface area contributed by atoms with Crippen LogP contribution in [-0.4, -0.2) is 31.6 Å². The Kier molecular flexibility index (Phi) is 2.61. The van der Waals surface area contributed by atoms with Crippen LogP contribution in [0.5, 0.6) is 0 Å². The van der Waals surface area contributed by atoms with Crippen molar-refractivity contribution in [1.29, 1.82) is 0 Å². The van der Waals surface area contributed by atoms with Crippen LogP contribution in [0.1, 0.15) is 32.1 Å². The second-order valence-corrected chi connectivity index (χ2v) is 5.15. The molecule has 0 aromatic rings. The van der Waals surface area contributed by atoms with Crippen LogP contribution in [-0.2, 0) is 0 Å². The predicted octanol–water partition coefficient (Wildman–Crippen LogP) is 1.46. The van der Waals surface area contributed by atoms with Gasteiger partial charge in [-0.05, 0) is 70.1 Å². The Morgan fingerprint density at radius 2 is 1.92 bits per heavy atom. The molecule has 2 heteroatoms. The van der Waals surface area contributed by atoms with Gasteiger partial charge in [0.15, 0.2) is 0 Å². The second kappa shape index (κ2) is 3.58. The lowest BCUT2D eigenvalue weighted by molar-refractivity contribution is 0.191. The summed E-state index contributed by atoms with van der Waals surface area (Å²) in [4.78, 5) is 2.44. The fourth-order valence-electron chi connectivity index (χ4n) is 2.55. The molecule has 2 N–H and O–H groups in total. The molecule has 76 valence electrons. The van der Waals surface area contributed by atoms with E-state index in [0.29, 0.717) is 5.41 Å². The molecule has 0 aromatic heterocycles. The summed E-state index contributed by atoms with van der Waals surface area (Å²) in [5.41, 5.74) is 6.40. The van der Waals surface area contributed by atoms with Gasteiger partial charge in [-0.25, -0.2) is 0 Å². The van der Waals surface area contributed by atoms with E-state index in [1.807, 2.05) is 0 Å². The van der Waals surface area contributed by atoms with Gasteiger partial charge in [0.05, 0.1) is 0 Å². The number of hydrogen-bond donors (Lipinski definition) is 1. The maximum absolute atomic E-state index is 5.80. The molecule has 0 aromatic carbocycles. The molecule has 1 heterocycles. The molecule has 1 saturated carbocycles. The molecule has 0 bridgehead atoms. The van der Waals surface area contributed by atoms with Crippen LogP contribution >= 0.6 is 0 Å². The maximum Gasteiger partial charge on any atom is -0.00191 e. The van der Waals surface area contributed by atoms with E-state index in [1.165, 1.54) is 45.2 Å². The zero-order valence-electron chi connectivity index (χ0n) is 8.76. The highest BCUT2D eigenvalue weighted by Crippen LogP contribution is 2.50. The summed E-state index contributed by atoms with van der Waals surface area (Å²) in [6, 6.07) is 0. The van der Waals surface area contributed by atoms with E-state index in [4.69, 9.17) is 5.73 Å². The second-order valence-electron chi connectivity index (χ2n) is 5.15. The largest absolute Gasteiger partial charge is 0.330 e. The van der Waals surface area contributed by atoms with E-state index in [2.05, 4.69) is 11.9 Å². The fourth-order valence-corrected chi connectivity index (χ4v) is 2.55. The number of piperidine rings is 1. The number of nitrogens with zero attached hydrogens (tertiary/aromatic N) is 1. The topological polar surface area (TPSA) is 29.3 Å². The summed E-state index contributed by atoms with van der Waals surface area (Å²) in [5, 5.41) is 0. The van der Waals surface area contributed by atoms with E-state index < -0.39 is 0 Å². The molecule has 1 saturated heterocycles. The SMILES string of the molecule is CN1CCC(CC2(CN)CC2)CC1. The van der Waals surface area contributed by atoms with Crippen LogP contribution in [0.3, 0.4) is 0 Å². The van der Waals surface area contributed by atoms with E-state index in [1.54, 1.807) is 0 Å². The number of nitrogens with two attached hydrogens (primary N) is 1. The Morgan fingerprint density at radius 3 is 2.38 bits per heavy atom. The van der Waals surface area contributed by atoms with Crippen LogP contribution in [0.4, 0.5) is 0 Å². The Hall–Kier alpha value is -0.0800. The van der Waals surface area contributed by atoms with Crippen molar-refractivity contribution in [3.05, 3.63) is 0 Å². The van der Waals surface area contributed by atoms with E-state index >= 15 is 0 Å². The smallest absolute Gasteiger partial charge is 0.00191 e. The van der Waals surface area contributed by atoms with Gasteiger partial charge in [0, 0.05) is 0 Å². The molecule has 0 amide bonds. The Balaban J connectivity index is 1.76. The van der Waals surface area contributed by atoms with Crippen LogP contribution < -0.4 is 5.73 Å². The van der Waals surface area contributed by atoms with Crippen molar-refractivity contribution < 1.29 is 0 Å². The van der Waals surface area contributed by atoms with Crippen molar-refractivity contribution in [2.45, 2.75) is 32.1 Å². The minimum absolute atomic E-state index is 0.598. The minimum Gasteiger partial charge on any atom is -0.330 e. The van der Waals surface area contributed by atoms with E-state index in [0.717, 1.165) is 12.5 Å². The molecule has 2 nitrogen and oxygen atoms in total. The molecule has 0 atom stereocenters. The van der Waals surface area contributed by atoms with Gasteiger partial charge in [-0.1, -0.05) is 0 Å². The molecule has 2 rings (SSSR count). The summed E-state index contributed by atoms with van der Waals surface area (Å²) in [5.74, 6) is 0.974. The van der Waals surface area contributed by atoms with Crippen LogP contribution in [0.25, 0.3) is 0 Å². The van der Waals surface area contributed by atoms with Gasteiger partial charge in [-0.2, -0.15) is 0 Å². The van der Waals surface area contributed by atoms with Gasteiger partial charge >= 0.3 is 0 Å². The van der Waals surface area contributed by atoms with Crippen molar-refractivity contribution in [2.75, 3.05) is 26.7 Å². The normalized spacial score (nSPS) is 29.1. The molecule has 0 radical (unpaired) electrons. The van der Waals surface area contributed by atoms with E-state index in [9.17, 15) is 0 Å². The van der Waals surface area contributed by atoms with Crippen LogP contribution in [0.2, 0.25) is 0 Å². The molecule has 0 unspecified atom stereocenters. The highest BCUT2D eigenvalue weighted by atomic mass is 15.1. The zero-order valence-corrected chi connectivity index (χ0v) is 8.76. The minimum atomic E-state index is 0.598. The Morgan fingerprint density at radius 1 is 1.31 bits per heavy atom. The third kappa shape index (κ3) is 2.23. The number of hydrogen-bond acceptors (Lipinski definition) is 2. The lowest BCUT2D eigenvalue weighted by atomic mass is 9.85. The molecule has 0 spiro atoms. The van der Waals surface area contributed by atoms with Gasteiger partial charge in [-0.3, -0.25) is 0 Å². The highest BCUT2D eigenvalue weighted by Gasteiger charge is 2.42. The third-order valence-corrected chi connectivity index (χ3v) is 3.95. The lowest BCUT2D eigenvalue weighted by Gasteiger charge is -2.31. The summed E-state index contributed by atoms with van der Waals surface area (Å²) in [7, 11) is 2.23. The van der Waals surface area contributed by atoms with Crippen LogP contribution in [0.15, 0.2) is 0 Å². The van der Waals surface area contributed by atoms with Gasteiger partial charge in [0.25, 0.3) is 0 Å². The fraction of sp³-hybridized carbons (Fsp3) is 1.00. The predicted molar refractivity (Wildman–Crippen MR) is 55.6 cm³/mol. The maximum atomic E-state index is 5.80. The third-order valence-electron chi connectivity index (χ3n) is 3.95. The first-order valence-corrected chi connectivity index (χ1v) is 5.63. The lowest BCUT2D eigenvalue weighted by Crippen LogP contribution is -2.32. The van der Waals surface area contributed by atoms with E-state index in [-0.39, 0.29) is 0 Å². The number of likely N-dealkylation sites (tertiary alicyclic amines) is 1. The first-order valence-electron chi connectivity index (χ1n) is 5.63. The molecule has 1 aliphatic carbocycles. The van der Waals surface area contributed by atoms with Gasteiger partial charge in [0.1, 0.15) is 0 Å². The van der Waals surface area contributed by atoms with Crippen molar-refractivity contribution >= 4 is 0 Å². The molecule has 1 aliphatic heterocycles. The molecular weight excluding hydrogens is 160 g/mol. The van der Waals surface area contributed by atoms with Gasteiger partial charge in [-0.15, -0.1) is 0 Å². The highest BCUT2D eigenvalue weighted by molar-refractivity contribution is 4.95. The number of rotatable bonds is 3. The average Bonchev–Trinajstić information content (AvgIpc) is 2.90. The quantitative estimate of drug-likeness (QED) is 0.716. The van der Waals surface area contributed by atoms with Gasteiger partial charge in [0.2, 0.25) is 0 Å². The Labute approximate surface area is 81.5 Å². The first-order chi connectivity index (χ1) is 6.24. The zero-order chi connectivity index (χ0) is 9.31. The van der Waals surface area contributed by atoms with Gasteiger partial charge < -0.3 is 10.6 Å². The summed E-state index contributed by atoms with van der Waals surface area (Å²) < 4.78 is 0. The molecular formula is C11H22N2. The summed E-state index contributed by atoms with van der Waals surface area (Å²) in [6.07, 6.45) is 7.01.